The van der Waals surface area contributed by atoms with Crippen LogP contribution in [-0.2, 0) is 4.79 Å². The molecule has 108 valence electrons. The molecule has 2 atom stereocenters. The van der Waals surface area contributed by atoms with Crippen molar-refractivity contribution in [2.75, 3.05) is 13.1 Å². The lowest BCUT2D eigenvalue weighted by Crippen LogP contribution is -2.45. The average molecular weight is 268 g/mol. The molecule has 0 spiro atoms. The van der Waals surface area contributed by atoms with Gasteiger partial charge in [0.05, 0.1) is 5.92 Å². The van der Waals surface area contributed by atoms with Crippen LogP contribution in [-0.4, -0.2) is 41.1 Å². The number of nitrogens with one attached hydrogen (secondary N) is 1. The number of carboxylic acid groups (broad SMARTS) is 1. The molecule has 0 bridgehead atoms. The van der Waals surface area contributed by atoms with Crippen molar-refractivity contribution in [1.82, 2.24) is 10.2 Å². The zero-order chi connectivity index (χ0) is 14.0. The van der Waals surface area contributed by atoms with Crippen LogP contribution < -0.4 is 5.32 Å². The van der Waals surface area contributed by atoms with Crippen molar-refractivity contribution in [3.8, 4) is 0 Å². The molecule has 0 aromatic heterocycles. The van der Waals surface area contributed by atoms with Gasteiger partial charge < -0.3 is 15.3 Å². The van der Waals surface area contributed by atoms with Gasteiger partial charge in [0, 0.05) is 19.1 Å². The minimum absolute atomic E-state index is 0.0367. The first-order chi connectivity index (χ1) is 8.97. The number of carboxylic acids is 1. The number of urea groups is 1. The van der Waals surface area contributed by atoms with Crippen molar-refractivity contribution in [2.45, 2.75) is 45.6 Å². The fourth-order valence-corrected chi connectivity index (χ4v) is 3.12. The summed E-state index contributed by atoms with van der Waals surface area (Å²) in [5.41, 5.74) is 0. The van der Waals surface area contributed by atoms with Crippen molar-refractivity contribution >= 4 is 12.0 Å². The second-order valence-corrected chi connectivity index (χ2v) is 6.23. The maximum atomic E-state index is 12.1. The molecule has 1 aliphatic carbocycles. The Kier molecular flexibility index (Phi) is 4.32. The van der Waals surface area contributed by atoms with Crippen LogP contribution in [0.4, 0.5) is 4.79 Å². The first-order valence-electron chi connectivity index (χ1n) is 7.25. The van der Waals surface area contributed by atoms with Crippen LogP contribution in [0.5, 0.6) is 0 Å². The zero-order valence-corrected chi connectivity index (χ0v) is 11.8. The van der Waals surface area contributed by atoms with Gasteiger partial charge in [0.2, 0.25) is 0 Å². The topological polar surface area (TPSA) is 69.6 Å². The van der Waals surface area contributed by atoms with Gasteiger partial charge >= 0.3 is 12.0 Å². The third-order valence-electron chi connectivity index (χ3n) is 4.56. The third-order valence-corrected chi connectivity index (χ3v) is 4.56. The molecule has 1 saturated heterocycles. The molecular weight excluding hydrogens is 244 g/mol. The van der Waals surface area contributed by atoms with Crippen LogP contribution in [0.15, 0.2) is 0 Å². The van der Waals surface area contributed by atoms with Crippen molar-refractivity contribution < 1.29 is 14.7 Å². The van der Waals surface area contributed by atoms with E-state index in [1.54, 1.807) is 4.90 Å². The summed E-state index contributed by atoms with van der Waals surface area (Å²) in [4.78, 5) is 24.8. The predicted octanol–water partition coefficient (Wildman–Crippen LogP) is 1.93. The Hall–Kier alpha value is -1.26. The van der Waals surface area contributed by atoms with E-state index in [9.17, 15) is 9.59 Å². The molecule has 0 aromatic rings. The van der Waals surface area contributed by atoms with Crippen molar-refractivity contribution in [1.29, 1.82) is 0 Å². The Morgan fingerprint density at radius 1 is 1.11 bits per heavy atom. The van der Waals surface area contributed by atoms with Crippen LogP contribution in [0.2, 0.25) is 0 Å². The van der Waals surface area contributed by atoms with E-state index in [0.717, 1.165) is 18.8 Å². The van der Waals surface area contributed by atoms with E-state index in [0.29, 0.717) is 13.1 Å². The summed E-state index contributed by atoms with van der Waals surface area (Å²) in [7, 11) is 0. The Morgan fingerprint density at radius 3 is 2.26 bits per heavy atom. The predicted molar refractivity (Wildman–Crippen MR) is 71.8 cm³/mol. The van der Waals surface area contributed by atoms with Gasteiger partial charge in [0.1, 0.15) is 0 Å². The maximum absolute atomic E-state index is 12.1. The molecule has 2 fully saturated rings. The molecule has 5 nitrogen and oxygen atoms in total. The van der Waals surface area contributed by atoms with Crippen LogP contribution >= 0.6 is 0 Å². The van der Waals surface area contributed by atoms with Crippen LogP contribution in [0.25, 0.3) is 0 Å². The van der Waals surface area contributed by atoms with E-state index < -0.39 is 11.9 Å². The third kappa shape index (κ3) is 3.39. The Balaban J connectivity index is 1.82. The van der Waals surface area contributed by atoms with Crippen molar-refractivity contribution in [3.05, 3.63) is 0 Å². The zero-order valence-electron chi connectivity index (χ0n) is 11.8. The molecule has 5 heteroatoms. The number of nitrogens with zero attached hydrogens (tertiary/aromatic N) is 1. The van der Waals surface area contributed by atoms with Crippen molar-refractivity contribution in [3.63, 3.8) is 0 Å². The summed E-state index contributed by atoms with van der Waals surface area (Å²) in [5, 5.41) is 12.1. The fourth-order valence-electron chi connectivity index (χ4n) is 3.12. The molecule has 19 heavy (non-hydrogen) atoms. The quantitative estimate of drug-likeness (QED) is 0.804. The van der Waals surface area contributed by atoms with Gasteiger partial charge in [-0.25, -0.2) is 4.79 Å². The van der Waals surface area contributed by atoms with E-state index in [2.05, 4.69) is 12.2 Å². The lowest BCUT2D eigenvalue weighted by atomic mass is 9.87. The van der Waals surface area contributed by atoms with Gasteiger partial charge in [-0.3, -0.25) is 4.79 Å². The Bertz CT molecular complexity index is 351. The smallest absolute Gasteiger partial charge is 0.317 e. The van der Waals surface area contributed by atoms with Crippen LogP contribution in [0, 0.1) is 17.8 Å². The highest BCUT2D eigenvalue weighted by molar-refractivity contribution is 5.77. The molecule has 0 radical (unpaired) electrons. The van der Waals surface area contributed by atoms with Crippen molar-refractivity contribution in [2.24, 2.45) is 17.8 Å². The second-order valence-electron chi connectivity index (χ2n) is 6.23. The summed E-state index contributed by atoms with van der Waals surface area (Å²) in [6.07, 6.45) is 4.41. The van der Waals surface area contributed by atoms with E-state index in [4.69, 9.17) is 5.11 Å². The number of likely N-dealkylation sites (tertiary alicyclic amines) is 1. The number of hydrogen-bond acceptors (Lipinski definition) is 2. The summed E-state index contributed by atoms with van der Waals surface area (Å²) in [6, 6.07) is 0.179. The highest BCUT2D eigenvalue weighted by Gasteiger charge is 2.37. The standard InChI is InChI=1S/C14H24N2O3/c1-9-3-5-11(6-4-9)15-14(19)16-7-10(2)12(8-16)13(17)18/h9-12H,3-8H2,1-2H3,(H,15,19)(H,17,18)/t9?,10-,11?,12-/m1/s1. The molecular formula is C14H24N2O3. The van der Waals surface area contributed by atoms with Crippen LogP contribution in [0.3, 0.4) is 0 Å². The molecule has 1 heterocycles. The summed E-state index contributed by atoms with van der Waals surface area (Å²) < 4.78 is 0. The molecule has 1 aliphatic heterocycles. The first kappa shape index (κ1) is 14.2. The average Bonchev–Trinajstić information content (AvgIpc) is 2.74. The molecule has 2 rings (SSSR count). The van der Waals surface area contributed by atoms with Gasteiger partial charge in [-0.05, 0) is 37.5 Å². The molecule has 1 saturated carbocycles. The van der Waals surface area contributed by atoms with Gasteiger partial charge in [0.15, 0.2) is 0 Å². The number of carbonyl (C=O) groups excluding carboxylic acids is 1. The fraction of sp³-hybridized carbons (Fsp3) is 0.857. The number of amides is 2. The summed E-state index contributed by atoms with van der Waals surface area (Å²) in [5.74, 6) is -0.419. The number of rotatable bonds is 2. The van der Waals surface area contributed by atoms with Gasteiger partial charge in [-0.1, -0.05) is 13.8 Å². The molecule has 2 N–H and O–H groups in total. The van der Waals surface area contributed by atoms with E-state index in [1.165, 1.54) is 12.8 Å². The second kappa shape index (κ2) is 5.80. The largest absolute Gasteiger partial charge is 0.481 e. The lowest BCUT2D eigenvalue weighted by Gasteiger charge is -2.28. The minimum Gasteiger partial charge on any atom is -0.481 e. The highest BCUT2D eigenvalue weighted by atomic mass is 16.4. The Morgan fingerprint density at radius 2 is 1.74 bits per heavy atom. The number of carbonyl (C=O) groups is 2. The summed E-state index contributed by atoms with van der Waals surface area (Å²) in [6.45, 7) is 5.03. The number of aliphatic carboxylic acids is 1. The van der Waals surface area contributed by atoms with Crippen LogP contribution in [0.1, 0.15) is 39.5 Å². The minimum atomic E-state index is -0.797. The van der Waals surface area contributed by atoms with E-state index in [1.807, 2.05) is 6.92 Å². The first-order valence-corrected chi connectivity index (χ1v) is 7.25. The summed E-state index contributed by atoms with van der Waals surface area (Å²) >= 11 is 0. The molecule has 0 unspecified atom stereocenters. The Labute approximate surface area is 114 Å². The number of hydrogen-bond donors (Lipinski definition) is 2. The van der Waals surface area contributed by atoms with Gasteiger partial charge in [-0.15, -0.1) is 0 Å². The molecule has 0 aromatic carbocycles. The molecule has 2 amide bonds. The van der Waals surface area contributed by atoms with Gasteiger partial charge in [0.25, 0.3) is 0 Å². The lowest BCUT2D eigenvalue weighted by molar-refractivity contribution is -0.142. The van der Waals surface area contributed by atoms with E-state index >= 15 is 0 Å². The van der Waals surface area contributed by atoms with Gasteiger partial charge in [-0.2, -0.15) is 0 Å². The maximum Gasteiger partial charge on any atom is 0.317 e. The normalized spacial score (nSPS) is 35.2. The highest BCUT2D eigenvalue weighted by Crippen LogP contribution is 2.25. The molecule has 2 aliphatic rings. The monoisotopic (exact) mass is 268 g/mol. The van der Waals surface area contributed by atoms with E-state index in [-0.39, 0.29) is 18.0 Å². The SMILES string of the molecule is CC1CCC(NC(=O)N2C[C@@H](C)[C@H](C(=O)O)C2)CC1.